The van der Waals surface area contributed by atoms with Crippen LogP contribution in [0.2, 0.25) is 0 Å². The topological polar surface area (TPSA) is 89.7 Å². The molecule has 0 atom stereocenters. The molecule has 0 radical (unpaired) electrons. The van der Waals surface area contributed by atoms with Gasteiger partial charge < -0.3 is 10.5 Å². The zero-order valence-electron chi connectivity index (χ0n) is 13.8. The second-order valence-corrected chi connectivity index (χ2v) is 7.28. The van der Waals surface area contributed by atoms with Gasteiger partial charge in [0.05, 0.1) is 17.7 Å². The van der Waals surface area contributed by atoms with E-state index in [9.17, 15) is 13.2 Å². The molecule has 7 heteroatoms. The number of ether oxygens (including phenoxy) is 1. The summed E-state index contributed by atoms with van der Waals surface area (Å²) in [5, 5.41) is 0. The van der Waals surface area contributed by atoms with Crippen LogP contribution < -0.4 is 14.8 Å². The number of primary amides is 1. The van der Waals surface area contributed by atoms with Gasteiger partial charge in [-0.1, -0.05) is 12.1 Å². The van der Waals surface area contributed by atoms with Gasteiger partial charge >= 0.3 is 0 Å². The summed E-state index contributed by atoms with van der Waals surface area (Å²) in [5.41, 5.74) is 7.02. The molecule has 2 aromatic carbocycles. The van der Waals surface area contributed by atoms with Crippen LogP contribution in [-0.2, 0) is 14.8 Å². The fourth-order valence-electron chi connectivity index (χ4n) is 2.31. The highest BCUT2D eigenvalue weighted by molar-refractivity contribution is 7.93. The molecule has 24 heavy (non-hydrogen) atoms. The van der Waals surface area contributed by atoms with Crippen molar-refractivity contribution < 1.29 is 17.9 Å². The summed E-state index contributed by atoms with van der Waals surface area (Å²) in [6.45, 7) is 3.08. The number of carbonyl (C=O) groups excluding carboxylic acids is 1. The van der Waals surface area contributed by atoms with Crippen LogP contribution in [0.15, 0.2) is 47.4 Å². The van der Waals surface area contributed by atoms with Crippen LogP contribution in [0.3, 0.4) is 0 Å². The number of aryl methyl sites for hydroxylation is 2. The van der Waals surface area contributed by atoms with E-state index in [4.69, 9.17) is 10.5 Å². The van der Waals surface area contributed by atoms with Crippen molar-refractivity contribution in [3.63, 3.8) is 0 Å². The molecule has 0 heterocycles. The minimum atomic E-state index is -3.93. The molecule has 2 N–H and O–H groups in total. The van der Waals surface area contributed by atoms with Crippen LogP contribution in [-0.4, -0.2) is 28.0 Å². The third-order valence-electron chi connectivity index (χ3n) is 3.57. The molecule has 0 aliphatic rings. The van der Waals surface area contributed by atoms with Crippen molar-refractivity contribution in [2.45, 2.75) is 18.7 Å². The Morgan fingerprint density at radius 2 is 1.75 bits per heavy atom. The number of anilines is 1. The Balaban J connectivity index is 2.57. The smallest absolute Gasteiger partial charge is 0.265 e. The monoisotopic (exact) mass is 348 g/mol. The van der Waals surface area contributed by atoms with Crippen molar-refractivity contribution in [3.05, 3.63) is 53.6 Å². The first-order chi connectivity index (χ1) is 11.3. The van der Waals surface area contributed by atoms with Crippen LogP contribution in [0.4, 0.5) is 5.69 Å². The SMILES string of the molecule is COc1ccc(N(CC(N)=O)S(=O)(=O)c2cc(C)ccc2C)cc1. The van der Waals surface area contributed by atoms with Crippen molar-refractivity contribution in [1.82, 2.24) is 0 Å². The zero-order valence-corrected chi connectivity index (χ0v) is 14.6. The predicted octanol–water partition coefficient (Wildman–Crippen LogP) is 1.99. The van der Waals surface area contributed by atoms with Gasteiger partial charge in [0.1, 0.15) is 12.3 Å². The number of benzene rings is 2. The normalized spacial score (nSPS) is 11.1. The van der Waals surface area contributed by atoms with Gasteiger partial charge in [0.2, 0.25) is 5.91 Å². The van der Waals surface area contributed by atoms with E-state index >= 15 is 0 Å². The summed E-state index contributed by atoms with van der Waals surface area (Å²) >= 11 is 0. The molecule has 0 saturated carbocycles. The second kappa shape index (κ2) is 6.92. The highest BCUT2D eigenvalue weighted by Crippen LogP contribution is 2.27. The quantitative estimate of drug-likeness (QED) is 0.864. The molecule has 0 aliphatic carbocycles. The lowest BCUT2D eigenvalue weighted by atomic mass is 10.2. The van der Waals surface area contributed by atoms with E-state index in [2.05, 4.69) is 0 Å². The van der Waals surface area contributed by atoms with Gasteiger partial charge in [-0.3, -0.25) is 9.10 Å². The minimum Gasteiger partial charge on any atom is -0.497 e. The number of nitrogens with two attached hydrogens (primary N) is 1. The summed E-state index contributed by atoms with van der Waals surface area (Å²) in [6, 6.07) is 11.6. The number of sulfonamides is 1. The molecule has 0 fully saturated rings. The maximum Gasteiger partial charge on any atom is 0.265 e. The summed E-state index contributed by atoms with van der Waals surface area (Å²) in [4.78, 5) is 11.6. The van der Waals surface area contributed by atoms with E-state index in [0.29, 0.717) is 17.0 Å². The second-order valence-electron chi connectivity index (χ2n) is 5.44. The molecule has 0 bridgehead atoms. The first-order valence-corrected chi connectivity index (χ1v) is 8.72. The summed E-state index contributed by atoms with van der Waals surface area (Å²) in [6.07, 6.45) is 0. The van der Waals surface area contributed by atoms with Gasteiger partial charge in [0.25, 0.3) is 10.0 Å². The molecular formula is C17H20N2O4S. The van der Waals surface area contributed by atoms with Crippen molar-refractivity contribution >= 4 is 21.6 Å². The van der Waals surface area contributed by atoms with Gasteiger partial charge in [0.15, 0.2) is 0 Å². The molecule has 1 amide bonds. The van der Waals surface area contributed by atoms with E-state index in [1.165, 1.54) is 7.11 Å². The van der Waals surface area contributed by atoms with Crippen molar-refractivity contribution in [2.24, 2.45) is 5.73 Å². The Bertz CT molecular complexity index is 845. The van der Waals surface area contributed by atoms with Gasteiger partial charge in [-0.25, -0.2) is 8.42 Å². The van der Waals surface area contributed by atoms with Gasteiger partial charge in [-0.15, -0.1) is 0 Å². The summed E-state index contributed by atoms with van der Waals surface area (Å²) in [5.74, 6) is -0.151. The lowest BCUT2D eigenvalue weighted by Crippen LogP contribution is -2.38. The summed E-state index contributed by atoms with van der Waals surface area (Å²) < 4.78 is 32.3. The molecule has 0 aromatic heterocycles. The van der Waals surface area contributed by atoms with Crippen LogP contribution in [0.25, 0.3) is 0 Å². The van der Waals surface area contributed by atoms with Crippen molar-refractivity contribution in [2.75, 3.05) is 18.0 Å². The van der Waals surface area contributed by atoms with Crippen LogP contribution in [0.1, 0.15) is 11.1 Å². The number of rotatable bonds is 6. The largest absolute Gasteiger partial charge is 0.497 e. The first-order valence-electron chi connectivity index (χ1n) is 7.28. The Morgan fingerprint density at radius 1 is 1.12 bits per heavy atom. The molecule has 128 valence electrons. The fraction of sp³-hybridized carbons (Fsp3) is 0.235. The van der Waals surface area contributed by atoms with E-state index in [-0.39, 0.29) is 4.90 Å². The van der Waals surface area contributed by atoms with E-state index < -0.39 is 22.5 Å². The maximum atomic E-state index is 13.1. The van der Waals surface area contributed by atoms with E-state index in [1.54, 1.807) is 43.3 Å². The molecule has 0 saturated heterocycles. The number of methoxy groups -OCH3 is 1. The van der Waals surface area contributed by atoms with Crippen LogP contribution in [0, 0.1) is 13.8 Å². The standard InChI is InChI=1S/C17H20N2O4S/c1-12-4-5-13(2)16(10-12)24(21,22)19(11-17(18)20)14-6-8-15(23-3)9-7-14/h4-10H,11H2,1-3H3,(H2,18,20). The average molecular weight is 348 g/mol. The number of hydrogen-bond acceptors (Lipinski definition) is 4. The number of nitrogens with zero attached hydrogens (tertiary/aromatic N) is 1. The molecule has 2 aromatic rings. The van der Waals surface area contributed by atoms with Crippen molar-refractivity contribution in [3.8, 4) is 5.75 Å². The maximum absolute atomic E-state index is 13.1. The van der Waals surface area contributed by atoms with E-state index in [1.807, 2.05) is 13.0 Å². The van der Waals surface area contributed by atoms with Gasteiger partial charge in [-0.05, 0) is 55.3 Å². The molecule has 6 nitrogen and oxygen atoms in total. The highest BCUT2D eigenvalue weighted by atomic mass is 32.2. The third-order valence-corrected chi connectivity index (χ3v) is 5.49. The average Bonchev–Trinajstić information content (AvgIpc) is 2.54. The highest BCUT2D eigenvalue weighted by Gasteiger charge is 2.28. The van der Waals surface area contributed by atoms with E-state index in [0.717, 1.165) is 9.87 Å². The molecule has 2 rings (SSSR count). The molecule has 0 unspecified atom stereocenters. The fourth-order valence-corrected chi connectivity index (χ4v) is 4.05. The Kier molecular flexibility index (Phi) is 5.14. The number of amides is 1. The third kappa shape index (κ3) is 3.68. The number of carbonyl (C=O) groups is 1. The predicted molar refractivity (Wildman–Crippen MR) is 92.6 cm³/mol. The Labute approximate surface area is 141 Å². The van der Waals surface area contributed by atoms with Crippen molar-refractivity contribution in [1.29, 1.82) is 0 Å². The Morgan fingerprint density at radius 3 is 2.29 bits per heavy atom. The molecule has 0 aliphatic heterocycles. The zero-order chi connectivity index (χ0) is 17.9. The van der Waals surface area contributed by atoms with Gasteiger partial charge in [0, 0.05) is 0 Å². The Hall–Kier alpha value is -2.54. The lowest BCUT2D eigenvalue weighted by Gasteiger charge is -2.24. The molecular weight excluding hydrogens is 328 g/mol. The summed E-state index contributed by atoms with van der Waals surface area (Å²) in [7, 11) is -2.41. The number of hydrogen-bond donors (Lipinski definition) is 1. The minimum absolute atomic E-state index is 0.152. The van der Waals surface area contributed by atoms with Crippen LogP contribution >= 0.6 is 0 Å². The molecule has 0 spiro atoms. The first kappa shape index (κ1) is 17.8. The van der Waals surface area contributed by atoms with Gasteiger partial charge in [-0.2, -0.15) is 0 Å². The van der Waals surface area contributed by atoms with Crippen LogP contribution in [0.5, 0.6) is 5.75 Å². The lowest BCUT2D eigenvalue weighted by molar-refractivity contribution is -0.116.